The summed E-state index contributed by atoms with van der Waals surface area (Å²) in [6.07, 6.45) is 2.51. The molecule has 1 unspecified atom stereocenters. The number of carbonyl (C=O) groups excluding carboxylic acids is 1. The van der Waals surface area contributed by atoms with Gasteiger partial charge in [-0.1, -0.05) is 29.8 Å². The monoisotopic (exact) mass is 394 g/mol. The van der Waals surface area contributed by atoms with Crippen molar-refractivity contribution in [3.8, 4) is 5.75 Å². The molecule has 1 amide bonds. The molecule has 0 saturated carbocycles. The van der Waals surface area contributed by atoms with Gasteiger partial charge in [-0.15, -0.1) is 0 Å². The summed E-state index contributed by atoms with van der Waals surface area (Å²) in [6, 6.07) is 16.5. The number of hydrogen-bond acceptors (Lipinski definition) is 4. The number of methoxy groups -OCH3 is 2. The Labute approximate surface area is 173 Å². The van der Waals surface area contributed by atoms with Crippen LogP contribution in [0.1, 0.15) is 24.0 Å². The van der Waals surface area contributed by atoms with Crippen molar-refractivity contribution in [1.82, 2.24) is 4.90 Å². The summed E-state index contributed by atoms with van der Waals surface area (Å²) in [7, 11) is 3.45. The summed E-state index contributed by atoms with van der Waals surface area (Å²) < 4.78 is 11.1. The van der Waals surface area contributed by atoms with Gasteiger partial charge in [0.15, 0.2) is 0 Å². The Hall–Kier alpha value is -2.53. The number of piperidine rings is 1. The van der Waals surface area contributed by atoms with Gasteiger partial charge in [-0.25, -0.2) is 0 Å². The van der Waals surface area contributed by atoms with E-state index in [2.05, 4.69) is 36.1 Å². The fourth-order valence-electron chi connectivity index (χ4n) is 4.76. The van der Waals surface area contributed by atoms with E-state index in [1.165, 1.54) is 11.3 Å². The first kappa shape index (κ1) is 19.8. The Morgan fingerprint density at radius 1 is 1.10 bits per heavy atom. The number of likely N-dealkylation sites (tertiary alicyclic amines) is 1. The van der Waals surface area contributed by atoms with Crippen molar-refractivity contribution in [1.29, 1.82) is 0 Å². The maximum Gasteiger partial charge on any atom is 0.226 e. The number of rotatable bonds is 5. The second-order valence-corrected chi connectivity index (χ2v) is 8.18. The van der Waals surface area contributed by atoms with Crippen LogP contribution in [-0.4, -0.2) is 56.3 Å². The average molecular weight is 395 g/mol. The molecule has 154 valence electrons. The summed E-state index contributed by atoms with van der Waals surface area (Å²) in [6.45, 7) is 4.56. The standard InChI is InChI=1S/C24H30N2O3/c1-18-7-9-20(10-8-18)26-17-22(29-3)24(26)11-13-25(14-12-24)23(27)16-19-5-4-6-21(15-19)28-2/h4-10,15,22H,11-14,16-17H2,1-3H3. The molecule has 29 heavy (non-hydrogen) atoms. The highest BCUT2D eigenvalue weighted by Crippen LogP contribution is 2.44. The minimum Gasteiger partial charge on any atom is -0.497 e. The van der Waals surface area contributed by atoms with E-state index in [1.807, 2.05) is 29.2 Å². The largest absolute Gasteiger partial charge is 0.497 e. The van der Waals surface area contributed by atoms with Crippen molar-refractivity contribution in [2.75, 3.05) is 38.8 Å². The van der Waals surface area contributed by atoms with Gasteiger partial charge in [0.25, 0.3) is 0 Å². The highest BCUT2D eigenvalue weighted by atomic mass is 16.5. The van der Waals surface area contributed by atoms with Gasteiger partial charge in [0.1, 0.15) is 5.75 Å². The summed E-state index contributed by atoms with van der Waals surface area (Å²) in [5, 5.41) is 0. The molecule has 2 fully saturated rings. The molecule has 0 aromatic heterocycles. The van der Waals surface area contributed by atoms with E-state index < -0.39 is 0 Å². The van der Waals surface area contributed by atoms with Crippen molar-refractivity contribution in [3.05, 3.63) is 59.7 Å². The summed E-state index contributed by atoms with van der Waals surface area (Å²) in [4.78, 5) is 17.3. The zero-order valence-electron chi connectivity index (χ0n) is 17.6. The summed E-state index contributed by atoms with van der Waals surface area (Å²) >= 11 is 0. The van der Waals surface area contributed by atoms with Gasteiger partial charge in [-0.2, -0.15) is 0 Å². The number of aryl methyl sites for hydroxylation is 1. The van der Waals surface area contributed by atoms with Crippen LogP contribution in [-0.2, 0) is 16.0 Å². The molecule has 0 radical (unpaired) electrons. The van der Waals surface area contributed by atoms with Crippen LogP contribution in [0, 0.1) is 6.92 Å². The lowest BCUT2D eigenvalue weighted by atomic mass is 9.73. The van der Waals surface area contributed by atoms with Crippen molar-refractivity contribution in [2.45, 2.75) is 37.8 Å². The van der Waals surface area contributed by atoms with E-state index >= 15 is 0 Å². The Kier molecular flexibility index (Phi) is 5.50. The van der Waals surface area contributed by atoms with Crippen LogP contribution < -0.4 is 9.64 Å². The average Bonchev–Trinajstić information content (AvgIpc) is 2.75. The highest BCUT2D eigenvalue weighted by Gasteiger charge is 2.55. The van der Waals surface area contributed by atoms with Crippen molar-refractivity contribution >= 4 is 11.6 Å². The molecule has 0 N–H and O–H groups in total. The molecule has 2 saturated heterocycles. The molecule has 1 spiro atoms. The van der Waals surface area contributed by atoms with Gasteiger partial charge in [-0.3, -0.25) is 4.79 Å². The molecule has 0 bridgehead atoms. The Balaban J connectivity index is 1.42. The quantitative estimate of drug-likeness (QED) is 0.779. The molecule has 0 aliphatic carbocycles. The van der Waals surface area contributed by atoms with Gasteiger partial charge < -0.3 is 19.3 Å². The first-order chi connectivity index (χ1) is 14.1. The number of nitrogens with zero attached hydrogens (tertiary/aromatic N) is 2. The molecular formula is C24H30N2O3. The van der Waals surface area contributed by atoms with Crippen molar-refractivity contribution in [3.63, 3.8) is 0 Å². The predicted octanol–water partition coefficient (Wildman–Crippen LogP) is 3.44. The molecule has 2 aromatic carbocycles. The zero-order chi connectivity index (χ0) is 20.4. The van der Waals surface area contributed by atoms with Gasteiger partial charge >= 0.3 is 0 Å². The molecule has 2 aliphatic heterocycles. The van der Waals surface area contributed by atoms with Crippen LogP contribution >= 0.6 is 0 Å². The van der Waals surface area contributed by atoms with Crippen LogP contribution in [0.25, 0.3) is 0 Å². The lowest BCUT2D eigenvalue weighted by molar-refractivity contribution is -0.134. The third-order valence-corrected chi connectivity index (χ3v) is 6.59. The second kappa shape index (κ2) is 8.07. The molecule has 1 atom stereocenters. The molecular weight excluding hydrogens is 364 g/mol. The van der Waals surface area contributed by atoms with Gasteiger partial charge in [-0.05, 0) is 49.6 Å². The van der Waals surface area contributed by atoms with E-state index in [4.69, 9.17) is 9.47 Å². The minimum absolute atomic E-state index is 0.00322. The van der Waals surface area contributed by atoms with Crippen LogP contribution in [0.4, 0.5) is 5.69 Å². The highest BCUT2D eigenvalue weighted by molar-refractivity contribution is 5.79. The van der Waals surface area contributed by atoms with Crippen LogP contribution in [0.5, 0.6) is 5.75 Å². The van der Waals surface area contributed by atoms with E-state index in [0.717, 1.165) is 43.8 Å². The summed E-state index contributed by atoms with van der Waals surface area (Å²) in [5.74, 6) is 0.974. The van der Waals surface area contributed by atoms with Crippen LogP contribution in [0.15, 0.2) is 48.5 Å². The first-order valence-electron chi connectivity index (χ1n) is 10.3. The van der Waals surface area contributed by atoms with Gasteiger partial charge in [0, 0.05) is 32.4 Å². The molecule has 2 aromatic rings. The lowest BCUT2D eigenvalue weighted by Crippen LogP contribution is -2.74. The maximum absolute atomic E-state index is 12.9. The number of anilines is 1. The Morgan fingerprint density at radius 2 is 1.83 bits per heavy atom. The molecule has 2 heterocycles. The van der Waals surface area contributed by atoms with Crippen molar-refractivity contribution in [2.24, 2.45) is 0 Å². The first-order valence-corrected chi connectivity index (χ1v) is 10.3. The minimum atomic E-state index is -0.00322. The lowest BCUT2D eigenvalue weighted by Gasteiger charge is -2.61. The van der Waals surface area contributed by atoms with E-state index in [9.17, 15) is 4.79 Å². The van der Waals surface area contributed by atoms with Crippen LogP contribution in [0.3, 0.4) is 0 Å². The van der Waals surface area contributed by atoms with E-state index in [-0.39, 0.29) is 17.6 Å². The maximum atomic E-state index is 12.9. The van der Waals surface area contributed by atoms with E-state index in [0.29, 0.717) is 6.42 Å². The van der Waals surface area contributed by atoms with Gasteiger partial charge in [0.2, 0.25) is 5.91 Å². The Morgan fingerprint density at radius 3 is 2.48 bits per heavy atom. The van der Waals surface area contributed by atoms with Gasteiger partial charge in [0.05, 0.1) is 25.2 Å². The van der Waals surface area contributed by atoms with E-state index in [1.54, 1.807) is 14.2 Å². The van der Waals surface area contributed by atoms with Crippen LogP contribution in [0.2, 0.25) is 0 Å². The third-order valence-electron chi connectivity index (χ3n) is 6.59. The number of carbonyl (C=O) groups is 1. The van der Waals surface area contributed by atoms with Crippen molar-refractivity contribution < 1.29 is 14.3 Å². The number of ether oxygens (including phenoxy) is 2. The normalized spacial score (nSPS) is 20.4. The third kappa shape index (κ3) is 3.71. The number of hydrogen-bond donors (Lipinski definition) is 0. The fraction of sp³-hybridized carbons (Fsp3) is 0.458. The topological polar surface area (TPSA) is 42.0 Å². The fourth-order valence-corrected chi connectivity index (χ4v) is 4.76. The molecule has 2 aliphatic rings. The second-order valence-electron chi connectivity index (χ2n) is 8.18. The predicted molar refractivity (Wildman–Crippen MR) is 115 cm³/mol. The Bertz CT molecular complexity index is 857. The smallest absolute Gasteiger partial charge is 0.226 e. The SMILES string of the molecule is COc1cccc(CC(=O)N2CCC3(CC2)C(OC)CN3c2ccc(C)cc2)c1. The summed E-state index contributed by atoms with van der Waals surface area (Å²) in [5.41, 5.74) is 3.51. The zero-order valence-corrected chi connectivity index (χ0v) is 17.6. The molecule has 5 heteroatoms. The number of amides is 1. The molecule has 4 rings (SSSR count). The number of benzene rings is 2. The molecule has 5 nitrogen and oxygen atoms in total.